The molecule has 0 bridgehead atoms. The van der Waals surface area contributed by atoms with Crippen LogP contribution in [0.3, 0.4) is 0 Å². The SMILES string of the molecule is CCC.CCC(C)(C)C(=O)NC(C(=O)N1CC(O)CC1C)C(C)(C)C.Cc1ncsc1-c1ccc(C(C)NC=O)cc1. The van der Waals surface area contributed by atoms with E-state index in [1.165, 1.54) is 16.9 Å². The van der Waals surface area contributed by atoms with Crippen LogP contribution >= 0.6 is 11.3 Å². The number of aromatic nitrogens is 1. The lowest BCUT2D eigenvalue weighted by Gasteiger charge is -2.36. The Morgan fingerprint density at radius 1 is 1.14 bits per heavy atom. The normalized spacial score (nSPS) is 18.0. The van der Waals surface area contributed by atoms with Crippen molar-refractivity contribution in [2.24, 2.45) is 10.8 Å². The molecule has 1 aromatic carbocycles. The highest BCUT2D eigenvalue weighted by molar-refractivity contribution is 7.13. The number of likely N-dealkylation sites (tertiary alicyclic amines) is 1. The maximum absolute atomic E-state index is 12.9. The number of β-amino-alcohol motifs (C(OH)–C–C–N with tert-alkyl or cyclic N) is 1. The van der Waals surface area contributed by atoms with Gasteiger partial charge >= 0.3 is 0 Å². The summed E-state index contributed by atoms with van der Waals surface area (Å²) in [6, 6.07) is 7.68. The van der Waals surface area contributed by atoms with Gasteiger partial charge in [-0.15, -0.1) is 11.3 Å². The molecular weight excluding hydrogens is 548 g/mol. The fourth-order valence-corrected chi connectivity index (χ4v) is 5.12. The van der Waals surface area contributed by atoms with Crippen LogP contribution in [0.5, 0.6) is 0 Å². The van der Waals surface area contributed by atoms with Crippen LogP contribution in [0.2, 0.25) is 0 Å². The monoisotopic (exact) mass is 602 g/mol. The molecule has 1 aliphatic heterocycles. The van der Waals surface area contributed by atoms with Crippen molar-refractivity contribution < 1.29 is 19.5 Å². The van der Waals surface area contributed by atoms with Gasteiger partial charge in [0.1, 0.15) is 6.04 Å². The van der Waals surface area contributed by atoms with Crippen molar-refractivity contribution in [2.45, 2.75) is 120 Å². The molecule has 3 rings (SSSR count). The van der Waals surface area contributed by atoms with Crippen molar-refractivity contribution in [3.8, 4) is 10.4 Å². The number of thiazole rings is 1. The Hall–Kier alpha value is -2.78. The number of carbonyl (C=O) groups is 3. The van der Waals surface area contributed by atoms with E-state index >= 15 is 0 Å². The van der Waals surface area contributed by atoms with Gasteiger partial charge < -0.3 is 20.6 Å². The van der Waals surface area contributed by atoms with Gasteiger partial charge in [-0.2, -0.15) is 0 Å². The molecule has 3 N–H and O–H groups in total. The number of aryl methyl sites for hydroxylation is 1. The number of benzene rings is 1. The zero-order valence-corrected chi connectivity index (χ0v) is 28.4. The molecule has 42 heavy (non-hydrogen) atoms. The van der Waals surface area contributed by atoms with Gasteiger partial charge in [-0.1, -0.05) is 86.1 Å². The number of carbonyl (C=O) groups excluding carboxylic acids is 3. The van der Waals surface area contributed by atoms with E-state index in [1.54, 1.807) is 16.2 Å². The van der Waals surface area contributed by atoms with Crippen LogP contribution in [0.1, 0.15) is 106 Å². The third kappa shape index (κ3) is 10.8. The first kappa shape index (κ1) is 37.2. The summed E-state index contributed by atoms with van der Waals surface area (Å²) >= 11 is 1.64. The summed E-state index contributed by atoms with van der Waals surface area (Å²) in [6.07, 6.45) is 2.81. The predicted octanol–water partition coefficient (Wildman–Crippen LogP) is 6.28. The Bertz CT molecular complexity index is 1120. The number of hydrogen-bond acceptors (Lipinski definition) is 6. The van der Waals surface area contributed by atoms with Gasteiger partial charge in [-0.25, -0.2) is 4.98 Å². The fraction of sp³-hybridized carbons (Fsp3) is 0.636. The van der Waals surface area contributed by atoms with E-state index < -0.39 is 17.6 Å². The zero-order chi connectivity index (χ0) is 32.3. The molecule has 1 aromatic heterocycles. The van der Waals surface area contributed by atoms with Crippen LogP contribution in [0.25, 0.3) is 10.4 Å². The van der Waals surface area contributed by atoms with Gasteiger partial charge in [0, 0.05) is 18.0 Å². The van der Waals surface area contributed by atoms with Crippen LogP contribution in [-0.2, 0) is 14.4 Å². The minimum Gasteiger partial charge on any atom is -0.391 e. The molecule has 2 aromatic rings. The molecule has 2 heterocycles. The van der Waals surface area contributed by atoms with Gasteiger partial charge in [0.15, 0.2) is 0 Å². The highest BCUT2D eigenvalue weighted by atomic mass is 32.1. The highest BCUT2D eigenvalue weighted by Crippen LogP contribution is 2.29. The molecular formula is C33H54N4O4S. The first-order valence-corrected chi connectivity index (χ1v) is 15.9. The third-order valence-electron chi connectivity index (χ3n) is 7.46. The molecule has 0 spiro atoms. The summed E-state index contributed by atoms with van der Waals surface area (Å²) < 4.78 is 0. The molecule has 0 radical (unpaired) electrons. The molecule has 4 atom stereocenters. The van der Waals surface area contributed by atoms with Crippen LogP contribution in [0, 0.1) is 17.8 Å². The average molecular weight is 603 g/mol. The average Bonchev–Trinajstić information content (AvgIpc) is 3.50. The lowest BCUT2D eigenvalue weighted by molar-refractivity contribution is -0.142. The Kier molecular flexibility index (Phi) is 14.9. The van der Waals surface area contributed by atoms with E-state index in [4.69, 9.17) is 0 Å². The quantitative estimate of drug-likeness (QED) is 0.308. The van der Waals surface area contributed by atoms with Crippen LogP contribution in [0.4, 0.5) is 0 Å². The molecule has 236 valence electrons. The Morgan fingerprint density at radius 2 is 1.71 bits per heavy atom. The van der Waals surface area contributed by atoms with Crippen molar-refractivity contribution in [3.05, 3.63) is 41.0 Å². The molecule has 0 aliphatic carbocycles. The number of nitrogens with one attached hydrogen (secondary N) is 2. The highest BCUT2D eigenvalue weighted by Gasteiger charge is 2.42. The summed E-state index contributed by atoms with van der Waals surface area (Å²) in [7, 11) is 0. The summed E-state index contributed by atoms with van der Waals surface area (Å²) in [6.45, 7) is 22.1. The van der Waals surface area contributed by atoms with E-state index in [0.29, 0.717) is 19.4 Å². The van der Waals surface area contributed by atoms with Gasteiger partial charge in [-0.3, -0.25) is 14.4 Å². The van der Waals surface area contributed by atoms with Crippen LogP contribution < -0.4 is 10.6 Å². The molecule has 0 saturated carbocycles. The van der Waals surface area contributed by atoms with E-state index in [-0.39, 0.29) is 29.3 Å². The van der Waals surface area contributed by atoms with Crippen LogP contribution in [-0.4, -0.2) is 57.9 Å². The van der Waals surface area contributed by atoms with E-state index in [9.17, 15) is 19.5 Å². The first-order chi connectivity index (χ1) is 19.5. The lowest BCUT2D eigenvalue weighted by atomic mass is 9.83. The minimum atomic E-state index is -0.585. The van der Waals surface area contributed by atoms with Crippen molar-refractivity contribution in [2.75, 3.05) is 6.54 Å². The fourth-order valence-electron chi connectivity index (χ4n) is 4.31. The van der Waals surface area contributed by atoms with Gasteiger partial charge in [0.2, 0.25) is 18.2 Å². The van der Waals surface area contributed by atoms with Gasteiger partial charge in [0.05, 0.1) is 28.2 Å². The second-order valence-corrected chi connectivity index (χ2v) is 13.7. The maximum atomic E-state index is 12.9. The first-order valence-electron chi connectivity index (χ1n) is 15.0. The van der Waals surface area contributed by atoms with E-state index in [2.05, 4.69) is 41.6 Å². The molecule has 9 heteroatoms. The molecule has 3 amide bonds. The largest absolute Gasteiger partial charge is 0.391 e. The predicted molar refractivity (Wildman–Crippen MR) is 173 cm³/mol. The third-order valence-corrected chi connectivity index (χ3v) is 8.44. The molecule has 1 fully saturated rings. The van der Waals surface area contributed by atoms with Gasteiger partial charge in [0.25, 0.3) is 0 Å². The van der Waals surface area contributed by atoms with Crippen molar-refractivity contribution >= 4 is 29.6 Å². The number of nitrogens with zero attached hydrogens (tertiary/aromatic N) is 2. The molecule has 4 unspecified atom stereocenters. The van der Waals surface area contributed by atoms with E-state index in [0.717, 1.165) is 17.7 Å². The second-order valence-electron chi connectivity index (χ2n) is 12.8. The summed E-state index contributed by atoms with van der Waals surface area (Å²) in [4.78, 5) is 42.9. The van der Waals surface area contributed by atoms with Gasteiger partial charge in [-0.05, 0) is 50.2 Å². The van der Waals surface area contributed by atoms with Crippen molar-refractivity contribution in [3.63, 3.8) is 0 Å². The van der Waals surface area contributed by atoms with E-state index in [1.807, 2.05) is 80.0 Å². The molecule has 1 saturated heterocycles. The Labute approximate surface area is 257 Å². The minimum absolute atomic E-state index is 0.00318. The van der Waals surface area contributed by atoms with Crippen molar-refractivity contribution in [1.82, 2.24) is 20.5 Å². The zero-order valence-electron chi connectivity index (χ0n) is 27.6. The topological polar surface area (TPSA) is 112 Å². The standard InChI is InChI=1S/C17H32N2O3.C13H14N2OS.C3H8/c1-8-17(6,7)15(22)18-13(16(3,4)5)14(21)19-10-12(20)9-11(19)2;1-9(14-7-16)11-3-5-12(6-4-11)13-10(2)15-8-17-13;1-3-2/h11-13,20H,8-10H2,1-7H3,(H,18,22);3-9H,1-2H3,(H,14,16);3H2,1-2H3. The van der Waals surface area contributed by atoms with Crippen molar-refractivity contribution in [1.29, 1.82) is 0 Å². The molecule has 1 aliphatic rings. The lowest BCUT2D eigenvalue weighted by Crippen LogP contribution is -2.57. The number of hydrogen-bond donors (Lipinski definition) is 3. The smallest absolute Gasteiger partial charge is 0.246 e. The van der Waals surface area contributed by atoms with Crippen LogP contribution in [0.15, 0.2) is 29.8 Å². The number of aliphatic hydroxyl groups excluding tert-OH is 1. The number of aliphatic hydroxyl groups is 1. The summed E-state index contributed by atoms with van der Waals surface area (Å²) in [5.41, 5.74) is 4.30. The Balaban J connectivity index is 0.000000393. The summed E-state index contributed by atoms with van der Waals surface area (Å²) in [5, 5.41) is 15.5. The molecule has 8 nitrogen and oxygen atoms in total. The Morgan fingerprint density at radius 3 is 2.12 bits per heavy atom. The maximum Gasteiger partial charge on any atom is 0.246 e. The second kappa shape index (κ2) is 16.8. The number of amides is 3. The summed E-state index contributed by atoms with van der Waals surface area (Å²) in [5.74, 6) is -0.201. The number of rotatable bonds is 8.